The molecule has 0 bridgehead atoms. The molecule has 1 rings (SSSR count). The van der Waals surface area contributed by atoms with Gasteiger partial charge >= 0.3 is 6.09 Å². The average molecular weight is 313 g/mol. The van der Waals surface area contributed by atoms with Gasteiger partial charge in [0.05, 0.1) is 11.2 Å². The van der Waals surface area contributed by atoms with Crippen LogP contribution in [0.15, 0.2) is 5.51 Å². The van der Waals surface area contributed by atoms with Crippen molar-refractivity contribution in [3.63, 3.8) is 0 Å². The average Bonchev–Trinajstić information content (AvgIpc) is 2.76. The Kier molecular flexibility index (Phi) is 7.11. The Balaban J connectivity index is 2.37. The number of nitrogens with zero attached hydrogens (tertiary/aromatic N) is 2. The smallest absolute Gasteiger partial charge is 0.410 e. The number of carbonyl (C=O) groups excluding carboxylic acids is 1. The minimum atomic E-state index is -0.448. The molecule has 0 unspecified atom stereocenters. The number of nitrogens with one attached hydrogen (secondary N) is 1. The number of amides is 1. The van der Waals surface area contributed by atoms with E-state index < -0.39 is 5.60 Å². The van der Waals surface area contributed by atoms with E-state index in [4.69, 9.17) is 4.74 Å². The van der Waals surface area contributed by atoms with E-state index in [1.807, 2.05) is 33.2 Å². The van der Waals surface area contributed by atoms with Gasteiger partial charge in [-0.15, -0.1) is 11.3 Å². The van der Waals surface area contributed by atoms with Crippen molar-refractivity contribution in [2.24, 2.45) is 0 Å². The highest BCUT2D eigenvalue weighted by atomic mass is 32.1. The molecule has 0 radical (unpaired) electrons. The Hall–Kier alpha value is -1.14. The van der Waals surface area contributed by atoms with E-state index in [1.54, 1.807) is 16.2 Å². The second kappa shape index (κ2) is 8.34. The van der Waals surface area contributed by atoms with Crippen LogP contribution in [-0.2, 0) is 11.3 Å². The molecule has 0 spiro atoms. The van der Waals surface area contributed by atoms with Gasteiger partial charge in [-0.25, -0.2) is 9.78 Å². The van der Waals surface area contributed by atoms with E-state index in [1.165, 1.54) is 4.88 Å². The Morgan fingerprint density at radius 2 is 2.14 bits per heavy atom. The van der Waals surface area contributed by atoms with Crippen LogP contribution in [0.25, 0.3) is 0 Å². The van der Waals surface area contributed by atoms with Gasteiger partial charge in [0.15, 0.2) is 0 Å². The summed E-state index contributed by atoms with van der Waals surface area (Å²) in [7, 11) is 0. The fourth-order valence-corrected chi connectivity index (χ4v) is 2.55. The van der Waals surface area contributed by atoms with Crippen LogP contribution in [0.5, 0.6) is 0 Å². The molecular formula is C15H27N3O2S. The van der Waals surface area contributed by atoms with E-state index in [-0.39, 0.29) is 6.09 Å². The summed E-state index contributed by atoms with van der Waals surface area (Å²) in [6.07, 6.45) is 0.688. The van der Waals surface area contributed by atoms with Gasteiger partial charge in [-0.3, -0.25) is 0 Å². The second-order valence-corrected chi connectivity index (χ2v) is 6.94. The van der Waals surface area contributed by atoms with Crippen molar-refractivity contribution < 1.29 is 9.53 Å². The summed E-state index contributed by atoms with van der Waals surface area (Å²) in [5, 5.41) is 3.36. The Morgan fingerprint density at radius 3 is 2.67 bits per heavy atom. The van der Waals surface area contributed by atoms with Gasteiger partial charge < -0.3 is 15.0 Å². The minimum Gasteiger partial charge on any atom is -0.444 e. The molecule has 1 amide bonds. The first-order chi connectivity index (χ1) is 9.83. The second-order valence-electron chi connectivity index (χ2n) is 6.01. The molecule has 0 aromatic carbocycles. The number of hydrogen-bond acceptors (Lipinski definition) is 5. The fraction of sp³-hybridized carbons (Fsp3) is 0.733. The lowest BCUT2D eigenvalue weighted by atomic mass is 10.2. The first-order valence-corrected chi connectivity index (χ1v) is 8.29. The maximum Gasteiger partial charge on any atom is 0.410 e. The maximum atomic E-state index is 12.1. The van der Waals surface area contributed by atoms with Gasteiger partial charge in [-0.1, -0.05) is 6.92 Å². The zero-order valence-electron chi connectivity index (χ0n) is 13.7. The molecule has 21 heavy (non-hydrogen) atoms. The summed E-state index contributed by atoms with van der Waals surface area (Å²) in [5.74, 6) is 0. The van der Waals surface area contributed by atoms with Crippen molar-refractivity contribution in [3.8, 4) is 0 Å². The zero-order valence-corrected chi connectivity index (χ0v) is 14.5. The van der Waals surface area contributed by atoms with E-state index in [9.17, 15) is 4.79 Å². The third-order valence-corrected chi connectivity index (χ3v) is 3.77. The number of rotatable bonds is 7. The number of ether oxygens (including phenoxy) is 1. The molecule has 1 aromatic heterocycles. The summed E-state index contributed by atoms with van der Waals surface area (Å²) in [6.45, 7) is 12.7. The van der Waals surface area contributed by atoms with Crippen LogP contribution < -0.4 is 5.32 Å². The monoisotopic (exact) mass is 313 g/mol. The fourth-order valence-electron chi connectivity index (χ4n) is 1.80. The summed E-state index contributed by atoms with van der Waals surface area (Å²) in [5.41, 5.74) is 2.48. The normalized spacial score (nSPS) is 11.5. The molecule has 0 aliphatic rings. The number of aromatic nitrogens is 1. The molecule has 0 atom stereocenters. The van der Waals surface area contributed by atoms with Crippen molar-refractivity contribution in [1.29, 1.82) is 0 Å². The molecule has 5 nitrogen and oxygen atoms in total. The molecular weight excluding hydrogens is 286 g/mol. The Bertz CT molecular complexity index is 440. The summed E-state index contributed by atoms with van der Waals surface area (Å²) in [6, 6.07) is 0. The first kappa shape index (κ1) is 17.9. The van der Waals surface area contributed by atoms with Crippen LogP contribution in [0.2, 0.25) is 0 Å². The molecule has 0 saturated carbocycles. The minimum absolute atomic E-state index is 0.236. The molecule has 0 aliphatic heterocycles. The topological polar surface area (TPSA) is 54.5 Å². The molecule has 1 aromatic rings. The van der Waals surface area contributed by atoms with Crippen LogP contribution in [0, 0.1) is 6.92 Å². The summed E-state index contributed by atoms with van der Waals surface area (Å²) in [4.78, 5) is 19.3. The number of hydrogen-bond donors (Lipinski definition) is 1. The van der Waals surface area contributed by atoms with Gasteiger partial charge in [0.25, 0.3) is 0 Å². The molecule has 120 valence electrons. The standard InChI is InChI=1S/C15H27N3O2S/c1-6-8-18(14(19)20-15(3,4)5)9-7-16-10-13-12(2)17-11-21-13/h11,16H,6-10H2,1-5H3. The highest BCUT2D eigenvalue weighted by Crippen LogP contribution is 2.12. The SMILES string of the molecule is CCCN(CCNCc1scnc1C)C(=O)OC(C)(C)C. The molecule has 1 heterocycles. The van der Waals surface area contributed by atoms with E-state index in [0.717, 1.165) is 31.7 Å². The van der Waals surface area contributed by atoms with Crippen LogP contribution in [0.4, 0.5) is 4.79 Å². The highest BCUT2D eigenvalue weighted by molar-refractivity contribution is 7.09. The third-order valence-electron chi connectivity index (χ3n) is 2.83. The van der Waals surface area contributed by atoms with Crippen molar-refractivity contribution in [3.05, 3.63) is 16.1 Å². The van der Waals surface area contributed by atoms with Gasteiger partial charge in [0.2, 0.25) is 0 Å². The Labute approximate surface area is 131 Å². The first-order valence-electron chi connectivity index (χ1n) is 7.41. The quantitative estimate of drug-likeness (QED) is 0.786. The van der Waals surface area contributed by atoms with Gasteiger partial charge in [-0.2, -0.15) is 0 Å². The number of aryl methyl sites for hydroxylation is 1. The van der Waals surface area contributed by atoms with E-state index in [0.29, 0.717) is 6.54 Å². The molecule has 6 heteroatoms. The van der Waals surface area contributed by atoms with Crippen molar-refractivity contribution in [2.45, 2.75) is 53.2 Å². The lowest BCUT2D eigenvalue weighted by Gasteiger charge is -2.27. The Morgan fingerprint density at radius 1 is 1.43 bits per heavy atom. The van der Waals surface area contributed by atoms with Gasteiger partial charge in [-0.05, 0) is 34.1 Å². The number of thiazole rings is 1. The van der Waals surface area contributed by atoms with Crippen molar-refractivity contribution >= 4 is 17.4 Å². The van der Waals surface area contributed by atoms with Gasteiger partial charge in [0, 0.05) is 31.1 Å². The predicted molar refractivity (Wildman–Crippen MR) is 86.7 cm³/mol. The molecule has 1 N–H and O–H groups in total. The highest BCUT2D eigenvalue weighted by Gasteiger charge is 2.21. The lowest BCUT2D eigenvalue weighted by Crippen LogP contribution is -2.40. The molecule has 0 fully saturated rings. The largest absolute Gasteiger partial charge is 0.444 e. The number of carbonyl (C=O) groups is 1. The third kappa shape index (κ3) is 6.91. The van der Waals surface area contributed by atoms with Crippen LogP contribution >= 0.6 is 11.3 Å². The molecule has 0 saturated heterocycles. The van der Waals surface area contributed by atoms with Crippen molar-refractivity contribution in [2.75, 3.05) is 19.6 Å². The predicted octanol–water partition coefficient (Wildman–Crippen LogP) is 3.19. The zero-order chi connectivity index (χ0) is 15.9. The summed E-state index contributed by atoms with van der Waals surface area (Å²) < 4.78 is 5.43. The van der Waals surface area contributed by atoms with Crippen molar-refractivity contribution in [1.82, 2.24) is 15.2 Å². The summed E-state index contributed by atoms with van der Waals surface area (Å²) >= 11 is 1.65. The molecule has 0 aliphatic carbocycles. The van der Waals surface area contributed by atoms with Gasteiger partial charge in [0.1, 0.15) is 5.60 Å². The van der Waals surface area contributed by atoms with E-state index in [2.05, 4.69) is 17.2 Å². The van der Waals surface area contributed by atoms with Crippen LogP contribution in [0.3, 0.4) is 0 Å². The van der Waals surface area contributed by atoms with Crippen LogP contribution in [-0.4, -0.2) is 41.2 Å². The maximum absolute atomic E-state index is 12.1. The van der Waals surface area contributed by atoms with Crippen LogP contribution in [0.1, 0.15) is 44.7 Å². The lowest BCUT2D eigenvalue weighted by molar-refractivity contribution is 0.0252. The van der Waals surface area contributed by atoms with E-state index >= 15 is 0 Å².